The van der Waals surface area contributed by atoms with Gasteiger partial charge < -0.3 is 0 Å². The van der Waals surface area contributed by atoms with Crippen molar-refractivity contribution in [2.24, 2.45) is 11.8 Å². The minimum absolute atomic E-state index is 0.304. The van der Waals surface area contributed by atoms with Gasteiger partial charge in [0, 0.05) is 5.92 Å². The Morgan fingerprint density at radius 1 is 1.31 bits per heavy atom. The molecule has 5 heteroatoms. The molecule has 2 nitrogen and oxygen atoms in total. The summed E-state index contributed by atoms with van der Waals surface area (Å²) in [4.78, 5) is 21.7. The number of carbonyl (C=O) groups is 2. The number of alkyl halides is 3. The van der Waals surface area contributed by atoms with Crippen LogP contribution in [-0.4, -0.2) is 17.7 Å². The number of hydrogen-bond donors (Lipinski definition) is 0. The molecule has 0 radical (unpaired) electrons. The summed E-state index contributed by atoms with van der Waals surface area (Å²) in [5.41, 5.74) is 0. The molecule has 0 spiro atoms. The monoisotopic (exact) mass is 194 g/mol. The Morgan fingerprint density at radius 2 is 1.77 bits per heavy atom. The molecule has 0 aliphatic heterocycles. The molecule has 0 amide bonds. The standard InChI is InChI=1S/C8H9F3O2/c1-4(6(12)5-2-3-5)7(13)8(9,10)11/h4-5H,2-3H2,1H3. The second-order valence-corrected chi connectivity index (χ2v) is 3.26. The zero-order valence-corrected chi connectivity index (χ0v) is 7.02. The first kappa shape index (κ1) is 10.2. The third kappa shape index (κ3) is 2.29. The lowest BCUT2D eigenvalue weighted by atomic mass is 9.98. The zero-order chi connectivity index (χ0) is 10.2. The maximum Gasteiger partial charge on any atom is 0.450 e. The zero-order valence-electron chi connectivity index (χ0n) is 7.02. The van der Waals surface area contributed by atoms with E-state index in [-0.39, 0.29) is 5.92 Å². The molecule has 0 saturated heterocycles. The van der Waals surface area contributed by atoms with Gasteiger partial charge in [-0.25, -0.2) is 0 Å². The van der Waals surface area contributed by atoms with Crippen LogP contribution in [0.2, 0.25) is 0 Å². The molecule has 13 heavy (non-hydrogen) atoms. The summed E-state index contributed by atoms with van der Waals surface area (Å²) in [7, 11) is 0. The van der Waals surface area contributed by atoms with Crippen molar-refractivity contribution in [1.82, 2.24) is 0 Å². The Labute approximate surface area is 73.1 Å². The van der Waals surface area contributed by atoms with Crippen LogP contribution < -0.4 is 0 Å². The Hall–Kier alpha value is -0.870. The van der Waals surface area contributed by atoms with Gasteiger partial charge in [0.05, 0.1) is 5.92 Å². The smallest absolute Gasteiger partial charge is 0.299 e. The maximum absolute atomic E-state index is 11.8. The normalized spacial score (nSPS) is 19.7. The van der Waals surface area contributed by atoms with Crippen LogP contribution in [-0.2, 0) is 9.59 Å². The van der Waals surface area contributed by atoms with Gasteiger partial charge in [-0.3, -0.25) is 9.59 Å². The summed E-state index contributed by atoms with van der Waals surface area (Å²) >= 11 is 0. The van der Waals surface area contributed by atoms with Crippen molar-refractivity contribution in [3.63, 3.8) is 0 Å². The lowest BCUT2D eigenvalue weighted by Gasteiger charge is -2.10. The fourth-order valence-electron chi connectivity index (χ4n) is 1.10. The minimum atomic E-state index is -4.88. The molecule has 0 aromatic rings. The van der Waals surface area contributed by atoms with Crippen LogP contribution in [0.15, 0.2) is 0 Å². The molecule has 0 bridgehead atoms. The molecule has 0 N–H and O–H groups in total. The first-order valence-corrected chi connectivity index (χ1v) is 3.99. The van der Waals surface area contributed by atoms with Gasteiger partial charge in [-0.05, 0) is 19.8 Å². The summed E-state index contributed by atoms with van der Waals surface area (Å²) in [6.07, 6.45) is -3.65. The van der Waals surface area contributed by atoms with E-state index in [4.69, 9.17) is 0 Å². The van der Waals surface area contributed by atoms with Crippen molar-refractivity contribution in [1.29, 1.82) is 0 Å². The average molecular weight is 194 g/mol. The van der Waals surface area contributed by atoms with Gasteiger partial charge in [0.15, 0.2) is 0 Å². The van der Waals surface area contributed by atoms with Crippen LogP contribution >= 0.6 is 0 Å². The summed E-state index contributed by atoms with van der Waals surface area (Å²) in [6, 6.07) is 0. The molecule has 0 aromatic carbocycles. The summed E-state index contributed by atoms with van der Waals surface area (Å²) in [5.74, 6) is -4.32. The summed E-state index contributed by atoms with van der Waals surface area (Å²) in [5, 5.41) is 0. The Morgan fingerprint density at radius 3 is 2.08 bits per heavy atom. The minimum Gasteiger partial charge on any atom is -0.299 e. The van der Waals surface area contributed by atoms with E-state index in [9.17, 15) is 22.8 Å². The number of ketones is 2. The van der Waals surface area contributed by atoms with E-state index in [1.165, 1.54) is 0 Å². The van der Waals surface area contributed by atoms with Crippen LogP contribution in [0.25, 0.3) is 0 Å². The molecule has 1 aliphatic carbocycles. The Kier molecular flexibility index (Phi) is 2.45. The van der Waals surface area contributed by atoms with Crippen molar-refractivity contribution in [2.75, 3.05) is 0 Å². The van der Waals surface area contributed by atoms with Crippen molar-refractivity contribution >= 4 is 11.6 Å². The number of rotatable bonds is 3. The highest BCUT2D eigenvalue weighted by molar-refractivity contribution is 6.05. The van der Waals surface area contributed by atoms with Crippen molar-refractivity contribution in [3.8, 4) is 0 Å². The highest BCUT2D eigenvalue weighted by Gasteiger charge is 2.46. The van der Waals surface area contributed by atoms with Gasteiger partial charge in [-0.2, -0.15) is 13.2 Å². The lowest BCUT2D eigenvalue weighted by molar-refractivity contribution is -0.176. The Bertz CT molecular complexity index is 240. The van der Waals surface area contributed by atoms with Gasteiger partial charge >= 0.3 is 6.18 Å². The van der Waals surface area contributed by atoms with Crippen molar-refractivity contribution in [3.05, 3.63) is 0 Å². The second kappa shape index (κ2) is 3.12. The molecular weight excluding hydrogens is 185 g/mol. The molecule has 74 valence electrons. The molecular formula is C8H9F3O2. The molecule has 1 atom stereocenters. The van der Waals surface area contributed by atoms with Crippen LogP contribution in [0.4, 0.5) is 13.2 Å². The fraction of sp³-hybridized carbons (Fsp3) is 0.750. The topological polar surface area (TPSA) is 34.1 Å². The first-order valence-electron chi connectivity index (χ1n) is 3.99. The van der Waals surface area contributed by atoms with Gasteiger partial charge in [-0.1, -0.05) is 0 Å². The number of hydrogen-bond acceptors (Lipinski definition) is 2. The third-order valence-electron chi connectivity index (χ3n) is 2.08. The maximum atomic E-state index is 11.8. The van der Waals surface area contributed by atoms with Gasteiger partial charge in [0.25, 0.3) is 0 Å². The third-order valence-corrected chi connectivity index (χ3v) is 2.08. The molecule has 1 rings (SSSR count). The summed E-state index contributed by atoms with van der Waals surface area (Å²) < 4.78 is 35.5. The fourth-order valence-corrected chi connectivity index (χ4v) is 1.10. The van der Waals surface area contributed by atoms with E-state index in [0.29, 0.717) is 12.8 Å². The SMILES string of the molecule is CC(C(=O)C1CC1)C(=O)C(F)(F)F. The number of Topliss-reactive ketones (excluding diaryl/α,β-unsaturated/α-hetero) is 2. The predicted octanol–water partition coefficient (Wildman–Crippen LogP) is 1.73. The van der Waals surface area contributed by atoms with E-state index in [1.54, 1.807) is 0 Å². The largest absolute Gasteiger partial charge is 0.450 e. The van der Waals surface area contributed by atoms with Gasteiger partial charge in [0.1, 0.15) is 5.78 Å². The molecule has 0 aromatic heterocycles. The highest BCUT2D eigenvalue weighted by atomic mass is 19.4. The second-order valence-electron chi connectivity index (χ2n) is 3.26. The van der Waals surface area contributed by atoms with E-state index in [1.807, 2.05) is 0 Å². The van der Waals surface area contributed by atoms with Crippen molar-refractivity contribution in [2.45, 2.75) is 25.9 Å². The van der Waals surface area contributed by atoms with E-state index in [0.717, 1.165) is 6.92 Å². The van der Waals surface area contributed by atoms with E-state index >= 15 is 0 Å². The number of carbonyl (C=O) groups excluding carboxylic acids is 2. The van der Waals surface area contributed by atoms with E-state index < -0.39 is 23.7 Å². The average Bonchev–Trinajstić information content (AvgIpc) is 2.81. The Balaban J connectivity index is 2.61. The first-order chi connectivity index (χ1) is 5.84. The van der Waals surface area contributed by atoms with Crippen LogP contribution in [0.5, 0.6) is 0 Å². The number of halogens is 3. The van der Waals surface area contributed by atoms with Gasteiger partial charge in [-0.15, -0.1) is 0 Å². The highest BCUT2D eigenvalue weighted by Crippen LogP contribution is 2.34. The van der Waals surface area contributed by atoms with Gasteiger partial charge in [0.2, 0.25) is 5.78 Å². The quantitative estimate of drug-likeness (QED) is 0.641. The predicted molar refractivity (Wildman–Crippen MR) is 38.0 cm³/mol. The summed E-state index contributed by atoms with van der Waals surface area (Å²) in [6.45, 7) is 1.02. The van der Waals surface area contributed by atoms with Crippen LogP contribution in [0, 0.1) is 11.8 Å². The molecule has 1 aliphatic rings. The van der Waals surface area contributed by atoms with Crippen LogP contribution in [0.1, 0.15) is 19.8 Å². The lowest BCUT2D eigenvalue weighted by Crippen LogP contribution is -2.34. The molecule has 0 heterocycles. The molecule has 1 unspecified atom stereocenters. The van der Waals surface area contributed by atoms with Crippen molar-refractivity contribution < 1.29 is 22.8 Å². The molecule has 1 fully saturated rings. The van der Waals surface area contributed by atoms with E-state index in [2.05, 4.69) is 0 Å². The van der Waals surface area contributed by atoms with Crippen LogP contribution in [0.3, 0.4) is 0 Å². The molecule has 1 saturated carbocycles.